The van der Waals surface area contributed by atoms with Crippen molar-refractivity contribution in [2.24, 2.45) is 5.92 Å². The van der Waals surface area contributed by atoms with Crippen LogP contribution in [-0.2, 0) is 4.74 Å². The summed E-state index contributed by atoms with van der Waals surface area (Å²) < 4.78 is 5.50. The molecule has 0 saturated carbocycles. The van der Waals surface area contributed by atoms with Gasteiger partial charge in [0.2, 0.25) is 0 Å². The van der Waals surface area contributed by atoms with Gasteiger partial charge in [-0.2, -0.15) is 0 Å². The Labute approximate surface area is 102 Å². The van der Waals surface area contributed by atoms with Crippen LogP contribution in [0.2, 0.25) is 0 Å². The lowest BCUT2D eigenvalue weighted by Crippen LogP contribution is -2.29. The molecule has 98 valence electrons. The lowest BCUT2D eigenvalue weighted by Gasteiger charge is -2.14. The third-order valence-electron chi connectivity index (χ3n) is 2.80. The molecule has 1 atom stereocenters. The molecule has 0 amide bonds. The molecular weight excluding hydrogens is 198 g/mol. The first-order valence-corrected chi connectivity index (χ1v) is 6.98. The van der Waals surface area contributed by atoms with Gasteiger partial charge < -0.3 is 10.1 Å². The number of nitrogens with one attached hydrogen (secondary N) is 1. The summed E-state index contributed by atoms with van der Waals surface area (Å²) in [5.74, 6) is 0.838. The summed E-state index contributed by atoms with van der Waals surface area (Å²) in [7, 11) is 0. The topological polar surface area (TPSA) is 21.3 Å². The minimum absolute atomic E-state index is 0.633. The highest BCUT2D eigenvalue weighted by Crippen LogP contribution is 2.07. The van der Waals surface area contributed by atoms with E-state index in [0.29, 0.717) is 6.04 Å². The van der Waals surface area contributed by atoms with E-state index in [2.05, 4.69) is 33.0 Å². The van der Waals surface area contributed by atoms with Gasteiger partial charge in [-0.05, 0) is 25.7 Å². The van der Waals surface area contributed by atoms with Gasteiger partial charge in [-0.15, -0.1) is 0 Å². The van der Waals surface area contributed by atoms with Crippen molar-refractivity contribution >= 4 is 0 Å². The summed E-state index contributed by atoms with van der Waals surface area (Å²) in [5, 5.41) is 3.51. The molecule has 2 nitrogen and oxygen atoms in total. The van der Waals surface area contributed by atoms with Crippen LogP contribution in [-0.4, -0.2) is 25.8 Å². The van der Waals surface area contributed by atoms with Crippen LogP contribution in [0.4, 0.5) is 0 Å². The molecule has 0 aliphatic heterocycles. The second-order valence-electron chi connectivity index (χ2n) is 5.15. The molecule has 0 aliphatic rings. The third-order valence-corrected chi connectivity index (χ3v) is 2.80. The molecule has 0 radical (unpaired) electrons. The molecule has 0 heterocycles. The summed E-state index contributed by atoms with van der Waals surface area (Å²) in [6, 6.07) is 0.633. The summed E-state index contributed by atoms with van der Waals surface area (Å²) in [6.07, 6.45) is 6.37. The van der Waals surface area contributed by atoms with E-state index in [4.69, 9.17) is 4.74 Å². The maximum absolute atomic E-state index is 5.50. The fourth-order valence-electron chi connectivity index (χ4n) is 1.66. The first kappa shape index (κ1) is 15.9. The molecule has 0 bridgehead atoms. The highest BCUT2D eigenvalue weighted by atomic mass is 16.5. The van der Waals surface area contributed by atoms with Crippen molar-refractivity contribution in [3.8, 4) is 0 Å². The van der Waals surface area contributed by atoms with Gasteiger partial charge in [0, 0.05) is 19.2 Å². The van der Waals surface area contributed by atoms with Crippen LogP contribution in [0.3, 0.4) is 0 Å². The maximum atomic E-state index is 5.50. The Kier molecular flexibility index (Phi) is 11.3. The van der Waals surface area contributed by atoms with E-state index < -0.39 is 0 Å². The van der Waals surface area contributed by atoms with Crippen molar-refractivity contribution < 1.29 is 4.74 Å². The van der Waals surface area contributed by atoms with Crippen molar-refractivity contribution in [2.75, 3.05) is 19.8 Å². The monoisotopic (exact) mass is 229 g/mol. The normalized spacial score (nSPS) is 13.3. The van der Waals surface area contributed by atoms with E-state index in [-0.39, 0.29) is 0 Å². The van der Waals surface area contributed by atoms with E-state index in [1.165, 1.54) is 32.1 Å². The van der Waals surface area contributed by atoms with Crippen LogP contribution in [0.25, 0.3) is 0 Å². The minimum Gasteiger partial charge on any atom is -0.380 e. The second kappa shape index (κ2) is 11.4. The third kappa shape index (κ3) is 12.0. The zero-order valence-corrected chi connectivity index (χ0v) is 11.7. The molecule has 0 spiro atoms. The van der Waals surface area contributed by atoms with Crippen molar-refractivity contribution in [2.45, 2.75) is 65.8 Å². The van der Waals surface area contributed by atoms with Crippen LogP contribution in [0.15, 0.2) is 0 Å². The highest BCUT2D eigenvalue weighted by Gasteiger charge is 2.01. The van der Waals surface area contributed by atoms with E-state index in [9.17, 15) is 0 Å². The molecule has 0 fully saturated rings. The Morgan fingerprint density at radius 1 is 1.00 bits per heavy atom. The Bertz CT molecular complexity index is 137. The van der Waals surface area contributed by atoms with E-state index >= 15 is 0 Å². The highest BCUT2D eigenvalue weighted by molar-refractivity contribution is 4.61. The zero-order chi connectivity index (χ0) is 12.2. The molecule has 0 aromatic carbocycles. The number of ether oxygens (including phenoxy) is 1. The lowest BCUT2D eigenvalue weighted by atomic mass is 10.0. The fraction of sp³-hybridized carbons (Fsp3) is 1.00. The molecule has 0 saturated heterocycles. The van der Waals surface area contributed by atoms with Gasteiger partial charge in [-0.25, -0.2) is 0 Å². The summed E-state index contributed by atoms with van der Waals surface area (Å²) in [6.45, 7) is 11.8. The quantitative estimate of drug-likeness (QED) is 0.547. The number of unbranched alkanes of at least 4 members (excludes halogenated alkanes) is 1. The SMILES string of the molecule is CCCCOCCNC(C)CCCC(C)C. The van der Waals surface area contributed by atoms with Crippen molar-refractivity contribution in [1.82, 2.24) is 5.32 Å². The number of hydrogen-bond donors (Lipinski definition) is 1. The molecule has 0 rings (SSSR count). The summed E-state index contributed by atoms with van der Waals surface area (Å²) in [4.78, 5) is 0. The van der Waals surface area contributed by atoms with Gasteiger partial charge in [-0.1, -0.05) is 40.0 Å². The van der Waals surface area contributed by atoms with E-state index in [0.717, 1.165) is 25.7 Å². The van der Waals surface area contributed by atoms with Crippen LogP contribution in [0, 0.1) is 5.92 Å². The predicted molar refractivity (Wildman–Crippen MR) is 71.9 cm³/mol. The summed E-state index contributed by atoms with van der Waals surface area (Å²) in [5.41, 5.74) is 0. The first-order valence-electron chi connectivity index (χ1n) is 6.98. The van der Waals surface area contributed by atoms with E-state index in [1.54, 1.807) is 0 Å². The maximum Gasteiger partial charge on any atom is 0.0590 e. The average molecular weight is 229 g/mol. The zero-order valence-electron chi connectivity index (χ0n) is 11.7. The van der Waals surface area contributed by atoms with Crippen LogP contribution < -0.4 is 5.32 Å². The van der Waals surface area contributed by atoms with Gasteiger partial charge in [-0.3, -0.25) is 0 Å². The first-order chi connectivity index (χ1) is 7.66. The Morgan fingerprint density at radius 2 is 1.75 bits per heavy atom. The van der Waals surface area contributed by atoms with Crippen molar-refractivity contribution in [3.63, 3.8) is 0 Å². The van der Waals surface area contributed by atoms with E-state index in [1.807, 2.05) is 0 Å². The van der Waals surface area contributed by atoms with Crippen LogP contribution >= 0.6 is 0 Å². The Hall–Kier alpha value is -0.0800. The van der Waals surface area contributed by atoms with Crippen molar-refractivity contribution in [1.29, 1.82) is 0 Å². The number of rotatable bonds is 11. The minimum atomic E-state index is 0.633. The largest absolute Gasteiger partial charge is 0.380 e. The molecule has 1 N–H and O–H groups in total. The lowest BCUT2D eigenvalue weighted by molar-refractivity contribution is 0.131. The standard InChI is InChI=1S/C14H31NO/c1-5-6-11-16-12-10-15-14(4)9-7-8-13(2)3/h13-15H,5-12H2,1-4H3. The van der Waals surface area contributed by atoms with Gasteiger partial charge in [0.15, 0.2) is 0 Å². The van der Waals surface area contributed by atoms with Crippen LogP contribution in [0.1, 0.15) is 59.8 Å². The molecular formula is C14H31NO. The molecule has 0 aromatic heterocycles. The van der Waals surface area contributed by atoms with Gasteiger partial charge in [0.25, 0.3) is 0 Å². The van der Waals surface area contributed by atoms with Crippen LogP contribution in [0.5, 0.6) is 0 Å². The average Bonchev–Trinajstić information content (AvgIpc) is 2.22. The fourth-order valence-corrected chi connectivity index (χ4v) is 1.66. The summed E-state index contributed by atoms with van der Waals surface area (Å²) >= 11 is 0. The molecule has 16 heavy (non-hydrogen) atoms. The second-order valence-corrected chi connectivity index (χ2v) is 5.15. The molecule has 0 aromatic rings. The van der Waals surface area contributed by atoms with Gasteiger partial charge >= 0.3 is 0 Å². The smallest absolute Gasteiger partial charge is 0.0590 e. The Morgan fingerprint density at radius 3 is 2.38 bits per heavy atom. The van der Waals surface area contributed by atoms with Crippen molar-refractivity contribution in [3.05, 3.63) is 0 Å². The molecule has 0 aliphatic carbocycles. The predicted octanol–water partition coefficient (Wildman–Crippen LogP) is 3.61. The molecule has 2 heteroatoms. The van der Waals surface area contributed by atoms with Gasteiger partial charge in [0.05, 0.1) is 6.61 Å². The van der Waals surface area contributed by atoms with Gasteiger partial charge in [0.1, 0.15) is 0 Å². The Balaban J connectivity index is 3.14. The molecule has 1 unspecified atom stereocenters. The number of hydrogen-bond acceptors (Lipinski definition) is 2.